The highest BCUT2D eigenvalue weighted by Gasteiger charge is 2.84. The van der Waals surface area contributed by atoms with Crippen molar-refractivity contribution in [1.82, 2.24) is 0 Å². The molecule has 10 nitrogen and oxygen atoms in total. The molecule has 5 saturated carbocycles. The maximum Gasteiger partial charge on any atom is 0.303 e. The van der Waals surface area contributed by atoms with Crippen LogP contribution in [-0.2, 0) is 23.7 Å². The van der Waals surface area contributed by atoms with Crippen molar-refractivity contribution < 1.29 is 49.3 Å². The number of carbonyl (C=O) groups is 1. The maximum absolute atomic E-state index is 12.5. The normalized spacial score (nSPS) is 55.4. The molecule has 5 aliphatic carbocycles. The van der Waals surface area contributed by atoms with Gasteiger partial charge in [0.05, 0.1) is 36.6 Å². The third-order valence-corrected chi connectivity index (χ3v) is 15.8. The van der Waals surface area contributed by atoms with E-state index in [0.717, 1.165) is 38.5 Å². The van der Waals surface area contributed by atoms with E-state index in [1.54, 1.807) is 13.8 Å². The van der Waals surface area contributed by atoms with E-state index in [-0.39, 0.29) is 51.6 Å². The second kappa shape index (κ2) is 10.8. The van der Waals surface area contributed by atoms with E-state index in [1.807, 2.05) is 0 Å². The van der Waals surface area contributed by atoms with Gasteiger partial charge in [-0.25, -0.2) is 0 Å². The van der Waals surface area contributed by atoms with Crippen LogP contribution in [0.3, 0.4) is 0 Å². The summed E-state index contributed by atoms with van der Waals surface area (Å²) in [5.74, 6) is 0.717. The Morgan fingerprint density at radius 1 is 0.936 bits per heavy atom. The van der Waals surface area contributed by atoms with Crippen molar-refractivity contribution in [2.45, 2.75) is 167 Å². The summed E-state index contributed by atoms with van der Waals surface area (Å²) in [5, 5.41) is 54.3. The molecule has 17 atom stereocenters. The van der Waals surface area contributed by atoms with Gasteiger partial charge in [0.1, 0.15) is 18.3 Å². The first-order valence-corrected chi connectivity index (χ1v) is 18.3. The molecule has 7 rings (SSSR count). The van der Waals surface area contributed by atoms with Crippen LogP contribution in [0.25, 0.3) is 0 Å². The van der Waals surface area contributed by atoms with E-state index in [4.69, 9.17) is 18.9 Å². The summed E-state index contributed by atoms with van der Waals surface area (Å²) in [6.07, 6.45) is 0.712. The summed E-state index contributed by atoms with van der Waals surface area (Å²) in [4.78, 5) is 12.1. The van der Waals surface area contributed by atoms with Crippen LogP contribution in [-0.4, -0.2) is 98.8 Å². The number of hydrogen-bond acceptors (Lipinski definition) is 10. The first-order chi connectivity index (χ1) is 21.8. The van der Waals surface area contributed by atoms with Crippen molar-refractivity contribution in [2.75, 3.05) is 6.61 Å². The van der Waals surface area contributed by atoms with Gasteiger partial charge in [-0.2, -0.15) is 0 Å². The second-order valence-electron chi connectivity index (χ2n) is 18.6. The smallest absolute Gasteiger partial charge is 0.303 e. The summed E-state index contributed by atoms with van der Waals surface area (Å²) < 4.78 is 24.6. The molecule has 2 spiro atoms. The topological polar surface area (TPSA) is 155 Å². The molecule has 7 aliphatic rings. The van der Waals surface area contributed by atoms with E-state index in [9.17, 15) is 30.3 Å². The van der Waals surface area contributed by atoms with E-state index < -0.39 is 60.6 Å². The van der Waals surface area contributed by atoms with Gasteiger partial charge in [-0.3, -0.25) is 4.79 Å². The lowest BCUT2D eigenvalue weighted by molar-refractivity contribution is -0.303. The molecule has 47 heavy (non-hydrogen) atoms. The Morgan fingerprint density at radius 3 is 2.26 bits per heavy atom. The van der Waals surface area contributed by atoms with Gasteiger partial charge in [0.2, 0.25) is 0 Å². The minimum absolute atomic E-state index is 0.0683. The molecule has 0 aromatic heterocycles. The zero-order valence-corrected chi connectivity index (χ0v) is 29.6. The number of fused-ring (bicyclic) bond motifs is 4. The van der Waals surface area contributed by atoms with Crippen LogP contribution >= 0.6 is 0 Å². The number of rotatable bonds is 5. The lowest BCUT2D eigenvalue weighted by Crippen LogP contribution is -2.61. The number of ether oxygens (including phenoxy) is 4. The molecular weight excluding hydrogens is 604 g/mol. The highest BCUT2D eigenvalue weighted by molar-refractivity contribution is 5.66. The van der Waals surface area contributed by atoms with E-state index in [0.29, 0.717) is 18.3 Å². The molecular formula is C37H60O10. The third kappa shape index (κ3) is 4.54. The van der Waals surface area contributed by atoms with Crippen LogP contribution in [0, 0.1) is 50.7 Å². The summed E-state index contributed by atoms with van der Waals surface area (Å²) in [5.41, 5.74) is -1.61. The first-order valence-electron chi connectivity index (χ1n) is 18.3. The average Bonchev–Trinajstić information content (AvgIpc) is 3.61. The number of carbonyl (C=O) groups excluding carboxylic acids is 1. The van der Waals surface area contributed by atoms with Crippen LogP contribution < -0.4 is 0 Å². The van der Waals surface area contributed by atoms with Crippen LogP contribution in [0.5, 0.6) is 0 Å². The Balaban J connectivity index is 1.14. The van der Waals surface area contributed by atoms with Gasteiger partial charge in [-0.1, -0.05) is 34.6 Å². The predicted octanol–water partition coefficient (Wildman–Crippen LogP) is 3.33. The van der Waals surface area contributed by atoms with Crippen molar-refractivity contribution in [3.8, 4) is 0 Å². The van der Waals surface area contributed by atoms with Crippen LogP contribution in [0.15, 0.2) is 0 Å². The van der Waals surface area contributed by atoms with Crippen LogP contribution in [0.4, 0.5) is 0 Å². The van der Waals surface area contributed by atoms with Gasteiger partial charge < -0.3 is 44.5 Å². The molecule has 7 fully saturated rings. The Kier molecular flexibility index (Phi) is 7.97. The Labute approximate surface area is 279 Å². The zero-order chi connectivity index (χ0) is 34.3. The summed E-state index contributed by atoms with van der Waals surface area (Å²) >= 11 is 0. The summed E-state index contributed by atoms with van der Waals surface area (Å²) in [6, 6.07) is 0. The molecule has 5 N–H and O–H groups in total. The van der Waals surface area contributed by atoms with Crippen LogP contribution in [0.2, 0.25) is 0 Å². The largest absolute Gasteiger partial charge is 0.457 e. The molecule has 10 heteroatoms. The molecule has 0 bridgehead atoms. The Morgan fingerprint density at radius 2 is 1.60 bits per heavy atom. The highest BCUT2D eigenvalue weighted by Crippen LogP contribution is 2.89. The molecule has 2 aliphatic heterocycles. The third-order valence-electron chi connectivity index (χ3n) is 15.8. The quantitative estimate of drug-likeness (QED) is 0.218. The number of aliphatic hydroxyl groups excluding tert-OH is 4. The molecule has 9 unspecified atom stereocenters. The standard InChI is InChI=1S/C37H60O10/c1-18-15-21(30(33(5,6)43)45-19(2)38)46-28-25(18)34(7)13-14-37-17-36(37)12-11-24(47-31-27(41)26(40)20(39)16-44-31)32(3,4)22(36)9-10-23(37)35(34,8)29(28)42/h18,20-31,39-43H,9-17H2,1-8H3/t18-,20-,21?,22+,23?,24?,25+,26?,27-,28+,29+,30?,31?,34?,35-,36?,37?/m1/s1. The molecule has 0 aromatic rings. The number of aliphatic hydroxyl groups is 5. The summed E-state index contributed by atoms with van der Waals surface area (Å²) in [6.45, 7) is 16.2. The molecule has 2 saturated heterocycles. The van der Waals surface area contributed by atoms with Crippen molar-refractivity contribution in [1.29, 1.82) is 0 Å². The van der Waals surface area contributed by atoms with E-state index >= 15 is 0 Å². The Hall–Kier alpha value is -0.850. The van der Waals surface area contributed by atoms with Crippen molar-refractivity contribution >= 4 is 5.97 Å². The van der Waals surface area contributed by atoms with Crippen molar-refractivity contribution in [2.24, 2.45) is 50.7 Å². The second-order valence-corrected chi connectivity index (χ2v) is 18.6. The van der Waals surface area contributed by atoms with Crippen molar-refractivity contribution in [3.63, 3.8) is 0 Å². The van der Waals surface area contributed by atoms with Gasteiger partial charge in [0, 0.05) is 12.3 Å². The fourth-order valence-corrected chi connectivity index (χ4v) is 13.7. The molecule has 0 aromatic carbocycles. The molecule has 268 valence electrons. The SMILES string of the molecule is CC(=O)OC(C1C[C@@H](C)[C@H]2[C@H](O1)[C@H](O)[C@@]1(C)C3CC[C@H]4C(C)(C)C(OC5OC[C@@H](O)C(O)[C@H]5O)CCC45CC35CCC21C)C(C)(C)O. The van der Waals surface area contributed by atoms with Gasteiger partial charge in [0.15, 0.2) is 12.4 Å². The first kappa shape index (κ1) is 34.6. The fraction of sp³-hybridized carbons (Fsp3) is 0.973. The predicted molar refractivity (Wildman–Crippen MR) is 171 cm³/mol. The van der Waals surface area contributed by atoms with Gasteiger partial charge in [-0.15, -0.1) is 0 Å². The summed E-state index contributed by atoms with van der Waals surface area (Å²) in [7, 11) is 0. The van der Waals surface area contributed by atoms with E-state index in [1.165, 1.54) is 13.3 Å². The maximum atomic E-state index is 12.5. The van der Waals surface area contributed by atoms with E-state index in [2.05, 4.69) is 34.6 Å². The van der Waals surface area contributed by atoms with Gasteiger partial charge in [0.25, 0.3) is 0 Å². The monoisotopic (exact) mass is 664 g/mol. The Bertz CT molecular complexity index is 1250. The highest BCUT2D eigenvalue weighted by atomic mass is 16.7. The molecule has 0 radical (unpaired) electrons. The number of hydrogen-bond donors (Lipinski definition) is 5. The lowest BCUT2D eigenvalue weighted by atomic mass is 9.41. The zero-order valence-electron chi connectivity index (χ0n) is 29.6. The minimum atomic E-state index is -1.30. The number of esters is 1. The van der Waals surface area contributed by atoms with Crippen molar-refractivity contribution in [3.05, 3.63) is 0 Å². The van der Waals surface area contributed by atoms with Gasteiger partial charge >= 0.3 is 5.97 Å². The van der Waals surface area contributed by atoms with Gasteiger partial charge in [-0.05, 0) is 111 Å². The molecule has 2 heterocycles. The fourth-order valence-electron chi connectivity index (χ4n) is 13.7. The average molecular weight is 665 g/mol. The molecule has 0 amide bonds. The minimum Gasteiger partial charge on any atom is -0.457 e. The van der Waals surface area contributed by atoms with Crippen LogP contribution in [0.1, 0.15) is 107 Å². The lowest BCUT2D eigenvalue weighted by Gasteiger charge is -2.64.